The highest BCUT2D eigenvalue weighted by Gasteiger charge is 2.20. The summed E-state index contributed by atoms with van der Waals surface area (Å²) in [4.78, 5) is 5.02. The van der Waals surface area contributed by atoms with Crippen LogP contribution in [-0.4, -0.2) is 39.7 Å². The van der Waals surface area contributed by atoms with Gasteiger partial charge in [0.05, 0.1) is 4.90 Å². The molecule has 4 nitrogen and oxygen atoms in total. The molecule has 1 heterocycles. The molecular weight excluding hydrogens is 368 g/mol. The summed E-state index contributed by atoms with van der Waals surface area (Å²) in [6, 6.07) is 24.0. The van der Waals surface area contributed by atoms with Crippen molar-refractivity contribution in [2.24, 2.45) is 0 Å². The highest BCUT2D eigenvalue weighted by Crippen LogP contribution is 2.34. The second-order valence-electron chi connectivity index (χ2n) is 7.37. The van der Waals surface area contributed by atoms with Crippen molar-refractivity contribution < 1.29 is 8.42 Å². The summed E-state index contributed by atoms with van der Waals surface area (Å²) in [6.07, 6.45) is 1.25. The summed E-state index contributed by atoms with van der Waals surface area (Å²) in [5.41, 5.74) is 5.59. The number of hydrogen-bond donors (Lipinski definition) is 0. The molecule has 3 aromatic rings. The number of sulfone groups is 1. The molecule has 0 bridgehead atoms. The van der Waals surface area contributed by atoms with Crippen molar-refractivity contribution in [3.05, 3.63) is 78.4 Å². The van der Waals surface area contributed by atoms with E-state index in [0.29, 0.717) is 4.90 Å². The van der Waals surface area contributed by atoms with Crippen LogP contribution in [0.5, 0.6) is 0 Å². The fourth-order valence-electron chi connectivity index (χ4n) is 3.70. The number of anilines is 2. The molecule has 144 valence electrons. The van der Waals surface area contributed by atoms with Gasteiger partial charge in [-0.1, -0.05) is 36.4 Å². The SMILES string of the molecule is CN1CCN(c2ccccc2)c2ccc(-c3cccc(S(C)(=O)=O)c3)cc2C1. The summed E-state index contributed by atoms with van der Waals surface area (Å²) < 4.78 is 23.8. The first-order valence-electron chi connectivity index (χ1n) is 9.36. The number of para-hydroxylation sites is 1. The lowest BCUT2D eigenvalue weighted by Crippen LogP contribution is -2.26. The summed E-state index contributed by atoms with van der Waals surface area (Å²) in [5, 5.41) is 0. The molecule has 0 saturated carbocycles. The first-order valence-corrected chi connectivity index (χ1v) is 11.3. The van der Waals surface area contributed by atoms with E-state index in [1.807, 2.05) is 12.1 Å². The van der Waals surface area contributed by atoms with Crippen molar-refractivity contribution >= 4 is 21.2 Å². The Hall–Kier alpha value is -2.63. The second kappa shape index (κ2) is 7.41. The Morgan fingerprint density at radius 3 is 2.32 bits per heavy atom. The molecule has 0 N–H and O–H groups in total. The van der Waals surface area contributed by atoms with Gasteiger partial charge >= 0.3 is 0 Å². The van der Waals surface area contributed by atoms with Gasteiger partial charge in [-0.2, -0.15) is 0 Å². The van der Waals surface area contributed by atoms with E-state index in [1.165, 1.54) is 23.2 Å². The summed E-state index contributed by atoms with van der Waals surface area (Å²) in [5.74, 6) is 0. The van der Waals surface area contributed by atoms with Crippen LogP contribution >= 0.6 is 0 Å². The standard InChI is InChI=1S/C23H24N2O2S/c1-24-13-14-25(21-8-4-3-5-9-21)23-12-11-19(15-20(23)17-24)18-7-6-10-22(16-18)28(2,26)27/h3-12,15-16H,13-14,17H2,1-2H3. The Labute approximate surface area is 167 Å². The normalized spacial score (nSPS) is 15.1. The first kappa shape index (κ1) is 18.7. The molecule has 0 aliphatic carbocycles. The topological polar surface area (TPSA) is 40.6 Å². The Morgan fingerprint density at radius 1 is 0.821 bits per heavy atom. The predicted octanol–water partition coefficient (Wildman–Crippen LogP) is 4.34. The van der Waals surface area contributed by atoms with Gasteiger partial charge < -0.3 is 9.80 Å². The average Bonchev–Trinajstić information content (AvgIpc) is 2.85. The van der Waals surface area contributed by atoms with Gasteiger partial charge in [0.25, 0.3) is 0 Å². The molecule has 1 aliphatic rings. The average molecular weight is 393 g/mol. The lowest BCUT2D eigenvalue weighted by atomic mass is 10.0. The zero-order valence-electron chi connectivity index (χ0n) is 16.2. The molecule has 0 aromatic heterocycles. The van der Waals surface area contributed by atoms with Gasteiger partial charge in [0.15, 0.2) is 9.84 Å². The minimum atomic E-state index is -3.23. The van der Waals surface area contributed by atoms with Gasteiger partial charge in [0.2, 0.25) is 0 Å². The molecule has 1 aliphatic heterocycles. The van der Waals surface area contributed by atoms with Gasteiger partial charge in [0.1, 0.15) is 0 Å². The summed E-state index contributed by atoms with van der Waals surface area (Å²) >= 11 is 0. The number of benzene rings is 3. The molecule has 0 radical (unpaired) electrons. The fraction of sp³-hybridized carbons (Fsp3) is 0.217. The third-order valence-electron chi connectivity index (χ3n) is 5.18. The lowest BCUT2D eigenvalue weighted by molar-refractivity contribution is 0.343. The van der Waals surface area contributed by atoms with E-state index < -0.39 is 9.84 Å². The number of fused-ring (bicyclic) bond motifs is 1. The van der Waals surface area contributed by atoms with Gasteiger partial charge in [-0.05, 0) is 60.1 Å². The van der Waals surface area contributed by atoms with Crippen molar-refractivity contribution in [2.75, 3.05) is 31.3 Å². The summed E-state index contributed by atoms with van der Waals surface area (Å²) in [7, 11) is -1.09. The maximum absolute atomic E-state index is 11.9. The zero-order valence-corrected chi connectivity index (χ0v) is 17.0. The highest BCUT2D eigenvalue weighted by molar-refractivity contribution is 7.90. The van der Waals surface area contributed by atoms with E-state index in [1.54, 1.807) is 18.2 Å². The van der Waals surface area contributed by atoms with Crippen LogP contribution in [0.15, 0.2) is 77.7 Å². The van der Waals surface area contributed by atoms with E-state index in [2.05, 4.69) is 59.3 Å². The molecule has 5 heteroatoms. The molecule has 0 unspecified atom stereocenters. The van der Waals surface area contributed by atoms with Crippen LogP contribution in [0.3, 0.4) is 0 Å². The van der Waals surface area contributed by atoms with Gasteiger partial charge in [-0.3, -0.25) is 0 Å². The predicted molar refractivity (Wildman–Crippen MR) is 115 cm³/mol. The first-order chi connectivity index (χ1) is 13.4. The van der Waals surface area contributed by atoms with Crippen LogP contribution in [0.25, 0.3) is 11.1 Å². The maximum Gasteiger partial charge on any atom is 0.175 e. The lowest BCUT2D eigenvalue weighted by Gasteiger charge is -2.25. The molecule has 3 aromatic carbocycles. The quantitative estimate of drug-likeness (QED) is 0.665. The Balaban J connectivity index is 1.79. The summed E-state index contributed by atoms with van der Waals surface area (Å²) in [6.45, 7) is 2.76. The Bertz CT molecular complexity index is 1090. The molecule has 0 saturated heterocycles. The smallest absolute Gasteiger partial charge is 0.175 e. The Morgan fingerprint density at radius 2 is 1.57 bits per heavy atom. The zero-order chi connectivity index (χ0) is 19.7. The van der Waals surface area contributed by atoms with Crippen LogP contribution in [-0.2, 0) is 16.4 Å². The molecule has 28 heavy (non-hydrogen) atoms. The van der Waals surface area contributed by atoms with Gasteiger partial charge in [0, 0.05) is 37.3 Å². The van der Waals surface area contributed by atoms with Crippen LogP contribution in [0.2, 0.25) is 0 Å². The van der Waals surface area contributed by atoms with E-state index >= 15 is 0 Å². The third-order valence-corrected chi connectivity index (χ3v) is 6.29. The van der Waals surface area contributed by atoms with E-state index in [9.17, 15) is 8.42 Å². The van der Waals surface area contributed by atoms with Gasteiger partial charge in [-0.15, -0.1) is 0 Å². The second-order valence-corrected chi connectivity index (χ2v) is 9.38. The van der Waals surface area contributed by atoms with Crippen molar-refractivity contribution in [2.45, 2.75) is 11.4 Å². The molecule has 0 fully saturated rings. The van der Waals surface area contributed by atoms with Crippen LogP contribution in [0.4, 0.5) is 11.4 Å². The molecule has 0 atom stereocenters. The van der Waals surface area contributed by atoms with Crippen molar-refractivity contribution in [3.8, 4) is 11.1 Å². The van der Waals surface area contributed by atoms with Crippen LogP contribution in [0, 0.1) is 0 Å². The number of nitrogens with zero attached hydrogens (tertiary/aromatic N) is 2. The van der Waals surface area contributed by atoms with E-state index in [-0.39, 0.29) is 0 Å². The van der Waals surface area contributed by atoms with Gasteiger partial charge in [-0.25, -0.2) is 8.42 Å². The minimum absolute atomic E-state index is 0.350. The monoisotopic (exact) mass is 392 g/mol. The van der Waals surface area contributed by atoms with E-state index in [0.717, 1.165) is 30.8 Å². The Kier molecular flexibility index (Phi) is 4.96. The molecule has 4 rings (SSSR count). The number of likely N-dealkylation sites (N-methyl/N-ethyl adjacent to an activating group) is 1. The number of rotatable bonds is 3. The molecule has 0 amide bonds. The van der Waals surface area contributed by atoms with Crippen molar-refractivity contribution in [1.29, 1.82) is 0 Å². The maximum atomic E-state index is 11.9. The van der Waals surface area contributed by atoms with Crippen molar-refractivity contribution in [3.63, 3.8) is 0 Å². The minimum Gasteiger partial charge on any atom is -0.340 e. The van der Waals surface area contributed by atoms with Crippen LogP contribution in [0.1, 0.15) is 5.56 Å². The molecule has 0 spiro atoms. The highest BCUT2D eigenvalue weighted by atomic mass is 32.2. The molecular formula is C23H24N2O2S. The fourth-order valence-corrected chi connectivity index (χ4v) is 4.37. The largest absolute Gasteiger partial charge is 0.340 e. The number of hydrogen-bond acceptors (Lipinski definition) is 4. The van der Waals surface area contributed by atoms with Crippen LogP contribution < -0.4 is 4.90 Å². The third kappa shape index (κ3) is 3.81. The van der Waals surface area contributed by atoms with E-state index in [4.69, 9.17) is 0 Å². The van der Waals surface area contributed by atoms with Crippen molar-refractivity contribution in [1.82, 2.24) is 4.90 Å².